The van der Waals surface area contributed by atoms with Crippen molar-refractivity contribution >= 4 is 28.8 Å². The SMILES string of the molecule is CCCNC(=O)c1sc(-c2nnn(-c3cccc(Cl)c3)c2C)nc1C. The second-order valence-electron chi connectivity index (χ2n) is 5.60. The fourth-order valence-corrected chi connectivity index (χ4v) is 3.61. The molecular weight excluding hydrogens is 358 g/mol. The summed E-state index contributed by atoms with van der Waals surface area (Å²) >= 11 is 7.39. The summed E-state index contributed by atoms with van der Waals surface area (Å²) in [6.45, 7) is 6.42. The number of thiazole rings is 1. The van der Waals surface area contributed by atoms with Crippen LogP contribution in [0.5, 0.6) is 0 Å². The highest BCUT2D eigenvalue weighted by molar-refractivity contribution is 7.17. The molecule has 0 aliphatic rings. The molecule has 0 atom stereocenters. The third-order valence-corrected chi connectivity index (χ3v) is 5.09. The smallest absolute Gasteiger partial charge is 0.263 e. The minimum Gasteiger partial charge on any atom is -0.351 e. The molecule has 1 N–H and O–H groups in total. The first kappa shape index (κ1) is 17.6. The summed E-state index contributed by atoms with van der Waals surface area (Å²) < 4.78 is 1.72. The van der Waals surface area contributed by atoms with Crippen LogP contribution in [-0.2, 0) is 0 Å². The Morgan fingerprint density at radius 1 is 1.36 bits per heavy atom. The third-order valence-electron chi connectivity index (χ3n) is 3.69. The molecule has 0 fully saturated rings. The second kappa shape index (κ2) is 7.33. The molecule has 25 heavy (non-hydrogen) atoms. The lowest BCUT2D eigenvalue weighted by atomic mass is 10.3. The highest BCUT2D eigenvalue weighted by atomic mass is 35.5. The quantitative estimate of drug-likeness (QED) is 0.736. The molecule has 6 nitrogen and oxygen atoms in total. The molecule has 0 saturated heterocycles. The monoisotopic (exact) mass is 375 g/mol. The maximum absolute atomic E-state index is 12.2. The van der Waals surface area contributed by atoms with Gasteiger partial charge in [-0.15, -0.1) is 16.4 Å². The molecule has 0 radical (unpaired) electrons. The molecule has 0 bridgehead atoms. The number of carbonyl (C=O) groups excluding carboxylic acids is 1. The summed E-state index contributed by atoms with van der Waals surface area (Å²) in [5.41, 5.74) is 3.04. The molecule has 130 valence electrons. The van der Waals surface area contributed by atoms with Crippen LogP contribution in [0, 0.1) is 13.8 Å². The van der Waals surface area contributed by atoms with Gasteiger partial charge >= 0.3 is 0 Å². The number of benzene rings is 1. The summed E-state index contributed by atoms with van der Waals surface area (Å²) in [5, 5.41) is 12.7. The molecule has 1 amide bonds. The Bertz CT molecular complexity index is 918. The van der Waals surface area contributed by atoms with E-state index < -0.39 is 0 Å². The van der Waals surface area contributed by atoms with Crippen LogP contribution in [0.2, 0.25) is 5.02 Å². The van der Waals surface area contributed by atoms with Gasteiger partial charge in [0.25, 0.3) is 5.91 Å². The van der Waals surface area contributed by atoms with Crippen molar-refractivity contribution in [2.24, 2.45) is 0 Å². The number of rotatable bonds is 5. The van der Waals surface area contributed by atoms with Gasteiger partial charge in [-0.05, 0) is 38.5 Å². The molecule has 0 aliphatic heterocycles. The van der Waals surface area contributed by atoms with Gasteiger partial charge < -0.3 is 5.32 Å². The second-order valence-corrected chi connectivity index (χ2v) is 7.04. The van der Waals surface area contributed by atoms with Gasteiger partial charge in [0, 0.05) is 11.6 Å². The van der Waals surface area contributed by atoms with Crippen LogP contribution in [0.1, 0.15) is 34.4 Å². The fraction of sp³-hybridized carbons (Fsp3) is 0.294. The average Bonchev–Trinajstić information content (AvgIpc) is 3.15. The Labute approximate surface area is 154 Å². The molecule has 0 saturated carbocycles. The molecule has 0 unspecified atom stereocenters. The van der Waals surface area contributed by atoms with Crippen molar-refractivity contribution in [3.63, 3.8) is 0 Å². The lowest BCUT2D eigenvalue weighted by Crippen LogP contribution is -2.23. The first-order valence-electron chi connectivity index (χ1n) is 7.95. The number of hydrogen-bond donors (Lipinski definition) is 1. The minimum atomic E-state index is -0.0945. The number of aryl methyl sites for hydroxylation is 1. The number of nitrogens with one attached hydrogen (secondary N) is 1. The van der Waals surface area contributed by atoms with Crippen molar-refractivity contribution in [3.8, 4) is 16.4 Å². The van der Waals surface area contributed by atoms with Crippen LogP contribution in [0.25, 0.3) is 16.4 Å². The third kappa shape index (κ3) is 3.57. The van der Waals surface area contributed by atoms with E-state index in [0.29, 0.717) is 32.8 Å². The van der Waals surface area contributed by atoms with E-state index in [1.165, 1.54) is 11.3 Å². The number of aromatic nitrogens is 4. The normalized spacial score (nSPS) is 10.9. The van der Waals surface area contributed by atoms with E-state index in [1.54, 1.807) is 4.68 Å². The Morgan fingerprint density at radius 3 is 2.88 bits per heavy atom. The lowest BCUT2D eigenvalue weighted by molar-refractivity contribution is 0.0957. The zero-order chi connectivity index (χ0) is 18.0. The number of carbonyl (C=O) groups is 1. The van der Waals surface area contributed by atoms with E-state index in [4.69, 9.17) is 11.6 Å². The summed E-state index contributed by atoms with van der Waals surface area (Å²) in [6.07, 6.45) is 0.892. The fourth-order valence-electron chi connectivity index (χ4n) is 2.41. The van der Waals surface area contributed by atoms with Gasteiger partial charge in [-0.25, -0.2) is 9.67 Å². The van der Waals surface area contributed by atoms with Crippen LogP contribution < -0.4 is 5.32 Å². The van der Waals surface area contributed by atoms with Gasteiger partial charge in [0.2, 0.25) is 0 Å². The van der Waals surface area contributed by atoms with Crippen LogP contribution >= 0.6 is 22.9 Å². The van der Waals surface area contributed by atoms with Crippen molar-refractivity contribution in [1.29, 1.82) is 0 Å². The van der Waals surface area contributed by atoms with Crippen molar-refractivity contribution in [2.75, 3.05) is 6.54 Å². The van der Waals surface area contributed by atoms with Crippen molar-refractivity contribution in [2.45, 2.75) is 27.2 Å². The van der Waals surface area contributed by atoms with Gasteiger partial charge in [-0.1, -0.05) is 29.8 Å². The Hall–Kier alpha value is -2.25. The van der Waals surface area contributed by atoms with Gasteiger partial charge in [0.15, 0.2) is 0 Å². The Balaban J connectivity index is 1.95. The van der Waals surface area contributed by atoms with Gasteiger partial charge in [-0.3, -0.25) is 4.79 Å². The average molecular weight is 376 g/mol. The molecule has 0 spiro atoms. The standard InChI is InChI=1S/C17H18ClN5OS/c1-4-8-19-16(24)15-10(2)20-17(25-15)14-11(3)23(22-21-14)13-7-5-6-12(18)9-13/h5-7,9H,4,8H2,1-3H3,(H,19,24). The Kier molecular flexibility index (Phi) is 5.15. The van der Waals surface area contributed by atoms with Crippen molar-refractivity contribution < 1.29 is 4.79 Å². The predicted molar refractivity (Wildman–Crippen MR) is 99.6 cm³/mol. The van der Waals surface area contributed by atoms with Crippen LogP contribution in [0.4, 0.5) is 0 Å². The molecular formula is C17H18ClN5OS. The van der Waals surface area contributed by atoms with E-state index >= 15 is 0 Å². The molecule has 1 aromatic carbocycles. The topological polar surface area (TPSA) is 72.7 Å². The van der Waals surface area contributed by atoms with E-state index in [9.17, 15) is 4.79 Å². The largest absolute Gasteiger partial charge is 0.351 e. The predicted octanol–water partition coefficient (Wildman–Crippen LogP) is 3.80. The van der Waals surface area contributed by atoms with Crippen LogP contribution in [0.15, 0.2) is 24.3 Å². The van der Waals surface area contributed by atoms with E-state index in [0.717, 1.165) is 17.8 Å². The zero-order valence-electron chi connectivity index (χ0n) is 14.2. The molecule has 3 aromatic rings. The minimum absolute atomic E-state index is 0.0945. The van der Waals surface area contributed by atoms with Gasteiger partial charge in [0.1, 0.15) is 15.6 Å². The molecule has 8 heteroatoms. The highest BCUT2D eigenvalue weighted by Gasteiger charge is 2.20. The van der Waals surface area contributed by atoms with Crippen LogP contribution in [0.3, 0.4) is 0 Å². The Morgan fingerprint density at radius 2 is 2.16 bits per heavy atom. The first-order valence-corrected chi connectivity index (χ1v) is 9.15. The summed E-state index contributed by atoms with van der Waals surface area (Å²) in [6, 6.07) is 7.41. The number of hydrogen-bond acceptors (Lipinski definition) is 5. The van der Waals surface area contributed by atoms with E-state index in [2.05, 4.69) is 20.6 Å². The molecule has 0 aliphatic carbocycles. The summed E-state index contributed by atoms with van der Waals surface area (Å²) in [4.78, 5) is 17.3. The van der Waals surface area contributed by atoms with Crippen molar-refractivity contribution in [1.82, 2.24) is 25.3 Å². The highest BCUT2D eigenvalue weighted by Crippen LogP contribution is 2.29. The van der Waals surface area contributed by atoms with Gasteiger partial charge in [-0.2, -0.15) is 0 Å². The number of halogens is 1. The zero-order valence-corrected chi connectivity index (χ0v) is 15.8. The maximum Gasteiger partial charge on any atom is 0.263 e. The summed E-state index contributed by atoms with van der Waals surface area (Å²) in [7, 11) is 0. The van der Waals surface area contributed by atoms with Crippen LogP contribution in [-0.4, -0.2) is 32.4 Å². The number of nitrogens with zero attached hydrogens (tertiary/aromatic N) is 4. The van der Waals surface area contributed by atoms with E-state index in [1.807, 2.05) is 45.0 Å². The van der Waals surface area contributed by atoms with Crippen molar-refractivity contribution in [3.05, 3.63) is 45.6 Å². The van der Waals surface area contributed by atoms with Gasteiger partial charge in [0.05, 0.1) is 17.1 Å². The maximum atomic E-state index is 12.2. The van der Waals surface area contributed by atoms with E-state index in [-0.39, 0.29) is 5.91 Å². The molecule has 2 aromatic heterocycles. The molecule has 2 heterocycles. The molecule has 3 rings (SSSR count). The summed E-state index contributed by atoms with van der Waals surface area (Å²) in [5.74, 6) is -0.0945. The number of amides is 1. The first-order chi connectivity index (χ1) is 12.0. The lowest BCUT2D eigenvalue weighted by Gasteiger charge is -2.03.